The molecule has 2 heterocycles. The van der Waals surface area contributed by atoms with Crippen LogP contribution in [0.1, 0.15) is 18.5 Å². The molecule has 0 radical (unpaired) electrons. The van der Waals surface area contributed by atoms with Crippen molar-refractivity contribution in [2.75, 3.05) is 20.3 Å². The molecule has 1 aliphatic rings. The van der Waals surface area contributed by atoms with E-state index in [1.807, 2.05) is 36.4 Å². The van der Waals surface area contributed by atoms with Crippen LogP contribution in [0, 0.1) is 5.92 Å². The highest BCUT2D eigenvalue weighted by Crippen LogP contribution is 2.21. The predicted molar refractivity (Wildman–Crippen MR) is 82.0 cm³/mol. The van der Waals surface area contributed by atoms with Crippen molar-refractivity contribution in [3.63, 3.8) is 0 Å². The number of ether oxygens (including phenoxy) is 1. The third-order valence-corrected chi connectivity index (χ3v) is 3.93. The molecule has 2 aromatic rings. The number of rotatable bonds is 5. The summed E-state index contributed by atoms with van der Waals surface area (Å²) in [6.07, 6.45) is 1.52. The fraction of sp³-hybridized carbons (Fsp3) is 0.412. The van der Waals surface area contributed by atoms with Crippen molar-refractivity contribution < 1.29 is 14.1 Å². The van der Waals surface area contributed by atoms with E-state index < -0.39 is 0 Å². The van der Waals surface area contributed by atoms with E-state index in [9.17, 15) is 4.79 Å². The highest BCUT2D eigenvalue weighted by molar-refractivity contribution is 5.76. The van der Waals surface area contributed by atoms with Gasteiger partial charge in [-0.25, -0.2) is 0 Å². The zero-order valence-corrected chi connectivity index (χ0v) is 12.7. The zero-order chi connectivity index (χ0) is 15.4. The van der Waals surface area contributed by atoms with Gasteiger partial charge in [0, 0.05) is 38.3 Å². The minimum Gasteiger partial charge on any atom is -0.381 e. The first-order valence-electron chi connectivity index (χ1n) is 7.55. The van der Waals surface area contributed by atoms with Gasteiger partial charge in [0.25, 0.3) is 0 Å². The van der Waals surface area contributed by atoms with Gasteiger partial charge in [0.15, 0.2) is 5.76 Å². The molecular formula is C17H20N2O3. The van der Waals surface area contributed by atoms with Crippen molar-refractivity contribution in [1.82, 2.24) is 10.1 Å². The van der Waals surface area contributed by atoms with E-state index in [4.69, 9.17) is 9.26 Å². The first kappa shape index (κ1) is 14.8. The summed E-state index contributed by atoms with van der Waals surface area (Å²) in [6, 6.07) is 11.7. The summed E-state index contributed by atoms with van der Waals surface area (Å²) in [4.78, 5) is 13.9. The fourth-order valence-electron chi connectivity index (χ4n) is 2.60. The minimum atomic E-state index is 0.125. The summed E-state index contributed by atoms with van der Waals surface area (Å²) in [6.45, 7) is 1.93. The molecule has 3 rings (SSSR count). The summed E-state index contributed by atoms with van der Waals surface area (Å²) >= 11 is 0. The standard InChI is InChI=1S/C17H20N2O3/c1-19(17(20)9-13-7-8-21-12-13)11-15-10-16(22-18-15)14-5-3-2-4-6-14/h2-6,10,13H,7-9,11-12H2,1H3/t13-/m1/s1. The number of carbonyl (C=O) groups is 1. The van der Waals surface area contributed by atoms with E-state index in [1.165, 1.54) is 0 Å². The molecule has 116 valence electrons. The second-order valence-electron chi connectivity index (χ2n) is 5.73. The van der Waals surface area contributed by atoms with Crippen molar-refractivity contribution in [2.45, 2.75) is 19.4 Å². The topological polar surface area (TPSA) is 55.6 Å². The maximum Gasteiger partial charge on any atom is 0.223 e. The Morgan fingerprint density at radius 2 is 2.18 bits per heavy atom. The van der Waals surface area contributed by atoms with Crippen molar-refractivity contribution in [3.05, 3.63) is 42.1 Å². The normalized spacial score (nSPS) is 17.6. The number of benzene rings is 1. The highest BCUT2D eigenvalue weighted by atomic mass is 16.5. The summed E-state index contributed by atoms with van der Waals surface area (Å²) < 4.78 is 10.7. The summed E-state index contributed by atoms with van der Waals surface area (Å²) in [5.74, 6) is 1.20. The van der Waals surface area contributed by atoms with E-state index in [1.54, 1.807) is 11.9 Å². The smallest absolute Gasteiger partial charge is 0.223 e. The summed E-state index contributed by atoms with van der Waals surface area (Å²) in [5.41, 5.74) is 1.75. The molecule has 1 saturated heterocycles. The minimum absolute atomic E-state index is 0.125. The second-order valence-corrected chi connectivity index (χ2v) is 5.73. The summed E-state index contributed by atoms with van der Waals surface area (Å²) in [5, 5.41) is 4.05. The molecule has 0 N–H and O–H groups in total. The van der Waals surface area contributed by atoms with E-state index in [0.29, 0.717) is 25.5 Å². The molecule has 22 heavy (non-hydrogen) atoms. The van der Waals surface area contributed by atoms with Crippen LogP contribution in [0.3, 0.4) is 0 Å². The Labute approximate surface area is 129 Å². The zero-order valence-electron chi connectivity index (χ0n) is 12.7. The number of hydrogen-bond donors (Lipinski definition) is 0. The lowest BCUT2D eigenvalue weighted by molar-refractivity contribution is -0.131. The molecule has 5 heteroatoms. The van der Waals surface area contributed by atoms with E-state index in [-0.39, 0.29) is 5.91 Å². The van der Waals surface area contributed by atoms with E-state index >= 15 is 0 Å². The van der Waals surface area contributed by atoms with Gasteiger partial charge >= 0.3 is 0 Å². The van der Waals surface area contributed by atoms with Crippen molar-refractivity contribution >= 4 is 5.91 Å². The first-order valence-corrected chi connectivity index (χ1v) is 7.55. The quantitative estimate of drug-likeness (QED) is 0.852. The third kappa shape index (κ3) is 3.54. The third-order valence-electron chi connectivity index (χ3n) is 3.93. The Hall–Kier alpha value is -2.14. The van der Waals surface area contributed by atoms with Crippen molar-refractivity contribution in [1.29, 1.82) is 0 Å². The maximum atomic E-state index is 12.2. The lowest BCUT2D eigenvalue weighted by atomic mass is 10.0. The van der Waals surface area contributed by atoms with Crippen LogP contribution < -0.4 is 0 Å². The monoisotopic (exact) mass is 300 g/mol. The largest absolute Gasteiger partial charge is 0.381 e. The van der Waals surface area contributed by atoms with Gasteiger partial charge in [0.1, 0.15) is 5.69 Å². The molecule has 1 aliphatic heterocycles. The second kappa shape index (κ2) is 6.75. The summed E-state index contributed by atoms with van der Waals surface area (Å²) in [7, 11) is 1.80. The Balaban J connectivity index is 1.58. The lowest BCUT2D eigenvalue weighted by Gasteiger charge is -2.17. The molecule has 1 fully saturated rings. The maximum absolute atomic E-state index is 12.2. The van der Waals surface area contributed by atoms with Gasteiger partial charge in [-0.3, -0.25) is 4.79 Å². The Morgan fingerprint density at radius 3 is 2.91 bits per heavy atom. The molecule has 1 amide bonds. The van der Waals surface area contributed by atoms with Crippen molar-refractivity contribution in [2.24, 2.45) is 5.92 Å². The van der Waals surface area contributed by atoms with Crippen LogP contribution in [0.15, 0.2) is 40.9 Å². The van der Waals surface area contributed by atoms with E-state index in [2.05, 4.69) is 5.16 Å². The van der Waals surface area contributed by atoms with Crippen LogP contribution >= 0.6 is 0 Å². The van der Waals surface area contributed by atoms with Gasteiger partial charge in [-0.1, -0.05) is 35.5 Å². The molecule has 0 unspecified atom stereocenters. The number of nitrogens with zero attached hydrogens (tertiary/aromatic N) is 2. The Kier molecular flexibility index (Phi) is 4.53. The van der Waals surface area contributed by atoms with Gasteiger partial charge in [0.05, 0.1) is 6.54 Å². The van der Waals surface area contributed by atoms with Crippen LogP contribution in [0.4, 0.5) is 0 Å². The molecule has 1 atom stereocenters. The Morgan fingerprint density at radius 1 is 1.36 bits per heavy atom. The van der Waals surface area contributed by atoms with Crippen LogP contribution in [0.25, 0.3) is 11.3 Å². The van der Waals surface area contributed by atoms with Gasteiger partial charge in [-0.05, 0) is 12.3 Å². The average Bonchev–Trinajstić information content (AvgIpc) is 3.20. The van der Waals surface area contributed by atoms with Crippen LogP contribution in [0.5, 0.6) is 0 Å². The molecule has 0 spiro atoms. The molecule has 0 saturated carbocycles. The lowest BCUT2D eigenvalue weighted by Crippen LogP contribution is -2.28. The van der Waals surface area contributed by atoms with Crippen LogP contribution in [-0.4, -0.2) is 36.2 Å². The van der Waals surface area contributed by atoms with Crippen molar-refractivity contribution in [3.8, 4) is 11.3 Å². The number of aromatic nitrogens is 1. The molecule has 1 aromatic carbocycles. The fourth-order valence-corrected chi connectivity index (χ4v) is 2.60. The van der Waals surface area contributed by atoms with E-state index in [0.717, 1.165) is 30.0 Å². The average molecular weight is 300 g/mol. The van der Waals surface area contributed by atoms with Gasteiger partial charge in [-0.2, -0.15) is 0 Å². The SMILES string of the molecule is CN(Cc1cc(-c2ccccc2)on1)C(=O)C[C@H]1CCOC1. The molecule has 1 aromatic heterocycles. The molecule has 5 nitrogen and oxygen atoms in total. The number of amides is 1. The first-order chi connectivity index (χ1) is 10.7. The molecule has 0 aliphatic carbocycles. The molecule has 0 bridgehead atoms. The highest BCUT2D eigenvalue weighted by Gasteiger charge is 2.21. The number of carbonyl (C=O) groups excluding carboxylic acids is 1. The molecular weight excluding hydrogens is 280 g/mol. The van der Waals surface area contributed by atoms with Gasteiger partial charge in [0.2, 0.25) is 5.91 Å². The number of hydrogen-bond acceptors (Lipinski definition) is 4. The predicted octanol–water partition coefficient (Wildman–Crippen LogP) is 2.73. The van der Waals surface area contributed by atoms with Crippen LogP contribution in [0.2, 0.25) is 0 Å². The van der Waals surface area contributed by atoms with Gasteiger partial charge < -0.3 is 14.2 Å². The Bertz CT molecular complexity index is 618. The van der Waals surface area contributed by atoms with Gasteiger partial charge in [-0.15, -0.1) is 0 Å². The van der Waals surface area contributed by atoms with Crippen LogP contribution in [-0.2, 0) is 16.1 Å².